The highest BCUT2D eigenvalue weighted by molar-refractivity contribution is 7.89. The molecule has 2 aromatic rings. The Hall–Kier alpha value is -2.41. The highest BCUT2D eigenvalue weighted by Gasteiger charge is 2.19. The van der Waals surface area contributed by atoms with Gasteiger partial charge in [0.15, 0.2) is 0 Å². The van der Waals surface area contributed by atoms with Crippen molar-refractivity contribution in [3.8, 4) is 5.75 Å². The van der Waals surface area contributed by atoms with Crippen molar-refractivity contribution in [2.24, 2.45) is 5.10 Å². The molecule has 3 rings (SSSR count). The normalized spacial score (nSPS) is 15.8. The Morgan fingerprint density at radius 3 is 2.65 bits per heavy atom. The molecule has 0 saturated heterocycles. The molecule has 0 aromatic heterocycles. The van der Waals surface area contributed by atoms with Crippen molar-refractivity contribution < 1.29 is 17.5 Å². The molecule has 0 aliphatic carbocycles. The summed E-state index contributed by atoms with van der Waals surface area (Å²) in [7, 11) is -3.76. The average molecular weight is 334 g/mol. The van der Waals surface area contributed by atoms with Gasteiger partial charge in [0.05, 0.1) is 17.2 Å². The first-order valence-corrected chi connectivity index (χ1v) is 8.52. The molecule has 0 fully saturated rings. The summed E-state index contributed by atoms with van der Waals surface area (Å²) in [5, 5.41) is 3.97. The van der Waals surface area contributed by atoms with E-state index >= 15 is 0 Å². The van der Waals surface area contributed by atoms with Gasteiger partial charge in [0.2, 0.25) is 0 Å². The van der Waals surface area contributed by atoms with Crippen LogP contribution in [0.2, 0.25) is 0 Å². The van der Waals surface area contributed by atoms with E-state index in [9.17, 15) is 12.8 Å². The third-order valence-corrected chi connectivity index (χ3v) is 4.71. The molecule has 120 valence electrons. The molecule has 5 nitrogen and oxygen atoms in total. The minimum atomic E-state index is -3.76. The highest BCUT2D eigenvalue weighted by atomic mass is 32.2. The Morgan fingerprint density at radius 2 is 1.91 bits per heavy atom. The minimum Gasteiger partial charge on any atom is -0.492 e. The van der Waals surface area contributed by atoms with Gasteiger partial charge in [-0.25, -0.2) is 4.39 Å². The molecule has 2 aromatic carbocycles. The van der Waals surface area contributed by atoms with Gasteiger partial charge in [-0.05, 0) is 37.3 Å². The van der Waals surface area contributed by atoms with Gasteiger partial charge < -0.3 is 4.74 Å². The molecule has 1 aliphatic heterocycles. The second-order valence-electron chi connectivity index (χ2n) is 5.21. The van der Waals surface area contributed by atoms with E-state index in [-0.39, 0.29) is 4.90 Å². The Balaban J connectivity index is 1.89. The van der Waals surface area contributed by atoms with E-state index in [4.69, 9.17) is 4.74 Å². The zero-order chi connectivity index (χ0) is 16.4. The number of nitrogens with zero attached hydrogens (tertiary/aromatic N) is 1. The third kappa shape index (κ3) is 3.34. The van der Waals surface area contributed by atoms with E-state index in [0.717, 1.165) is 5.56 Å². The van der Waals surface area contributed by atoms with Crippen molar-refractivity contribution in [3.63, 3.8) is 0 Å². The minimum absolute atomic E-state index is 0.124. The van der Waals surface area contributed by atoms with Gasteiger partial charge in [-0.15, -0.1) is 0 Å². The van der Waals surface area contributed by atoms with Gasteiger partial charge >= 0.3 is 0 Å². The average Bonchev–Trinajstić information content (AvgIpc) is 2.53. The summed E-state index contributed by atoms with van der Waals surface area (Å²) in [5.41, 5.74) is 1.87. The molecular formula is C16H15FN2O3S. The van der Waals surface area contributed by atoms with Crippen LogP contribution in [0, 0.1) is 12.7 Å². The number of aryl methyl sites for hydroxylation is 1. The fourth-order valence-corrected chi connectivity index (χ4v) is 3.08. The lowest BCUT2D eigenvalue weighted by Crippen LogP contribution is -2.24. The predicted octanol–water partition coefficient (Wildman–Crippen LogP) is 2.60. The lowest BCUT2D eigenvalue weighted by Gasteiger charge is -2.19. The summed E-state index contributed by atoms with van der Waals surface area (Å²) in [4.78, 5) is 2.33. The van der Waals surface area contributed by atoms with Crippen LogP contribution in [0.15, 0.2) is 52.5 Å². The number of halogens is 1. The maximum absolute atomic E-state index is 13.4. The second-order valence-corrected chi connectivity index (χ2v) is 6.87. The van der Waals surface area contributed by atoms with E-state index in [1.165, 1.54) is 30.3 Å². The van der Waals surface area contributed by atoms with Crippen LogP contribution < -0.4 is 9.57 Å². The molecule has 0 bridgehead atoms. The summed E-state index contributed by atoms with van der Waals surface area (Å²) in [5.74, 6) is 0.0641. The standard InChI is InChI=1S/C16H15FN2O3S/c1-11-2-5-13(6-3-11)23(20,21)19-18-15-8-9-22-16-7-4-12(17)10-14(15)16/h2-7,10,19H,8-9H2,1H3. The molecule has 7 heteroatoms. The van der Waals surface area contributed by atoms with Crippen LogP contribution in [0.25, 0.3) is 0 Å². The van der Waals surface area contributed by atoms with Crippen LogP contribution >= 0.6 is 0 Å². The van der Waals surface area contributed by atoms with Gasteiger partial charge in [0.1, 0.15) is 11.6 Å². The van der Waals surface area contributed by atoms with Crippen LogP contribution in [0.1, 0.15) is 17.5 Å². The largest absolute Gasteiger partial charge is 0.492 e. The van der Waals surface area contributed by atoms with Crippen molar-refractivity contribution in [2.45, 2.75) is 18.2 Å². The van der Waals surface area contributed by atoms with E-state index in [0.29, 0.717) is 30.1 Å². The lowest BCUT2D eigenvalue weighted by atomic mass is 10.0. The summed E-state index contributed by atoms with van der Waals surface area (Å²) in [6.45, 7) is 2.24. The van der Waals surface area contributed by atoms with Crippen LogP contribution in [-0.2, 0) is 10.0 Å². The summed E-state index contributed by atoms with van der Waals surface area (Å²) >= 11 is 0. The van der Waals surface area contributed by atoms with E-state index in [1.807, 2.05) is 6.92 Å². The number of hydrazone groups is 1. The Bertz CT molecular complexity index is 861. The molecule has 0 saturated carbocycles. The summed E-state index contributed by atoms with van der Waals surface area (Å²) in [6, 6.07) is 10.5. The van der Waals surface area contributed by atoms with E-state index in [1.54, 1.807) is 12.1 Å². The number of ether oxygens (including phenoxy) is 1. The Labute approximate surface area is 133 Å². The number of hydrogen-bond donors (Lipinski definition) is 1. The number of fused-ring (bicyclic) bond motifs is 1. The SMILES string of the molecule is Cc1ccc(S(=O)(=O)NN=C2CCOc3ccc(F)cc32)cc1. The molecule has 23 heavy (non-hydrogen) atoms. The third-order valence-electron chi connectivity index (χ3n) is 3.48. The van der Waals surface area contributed by atoms with Crippen LogP contribution in [0.5, 0.6) is 5.75 Å². The van der Waals surface area contributed by atoms with Gasteiger partial charge in [-0.2, -0.15) is 18.4 Å². The smallest absolute Gasteiger partial charge is 0.276 e. The molecule has 1 aliphatic rings. The fourth-order valence-electron chi connectivity index (χ4n) is 2.25. The molecule has 1 heterocycles. The molecule has 0 radical (unpaired) electrons. The van der Waals surface area contributed by atoms with Crippen LogP contribution in [-0.4, -0.2) is 20.7 Å². The highest BCUT2D eigenvalue weighted by Crippen LogP contribution is 2.25. The van der Waals surface area contributed by atoms with Crippen molar-refractivity contribution in [1.29, 1.82) is 0 Å². The first-order chi connectivity index (χ1) is 11.0. The molecule has 0 spiro atoms. The fraction of sp³-hybridized carbons (Fsp3) is 0.188. The zero-order valence-electron chi connectivity index (χ0n) is 12.4. The molecular weight excluding hydrogens is 319 g/mol. The second kappa shape index (κ2) is 6.00. The lowest BCUT2D eigenvalue weighted by molar-refractivity contribution is 0.319. The van der Waals surface area contributed by atoms with Crippen molar-refractivity contribution in [2.75, 3.05) is 6.61 Å². The molecule has 1 N–H and O–H groups in total. The van der Waals surface area contributed by atoms with Crippen molar-refractivity contribution in [1.82, 2.24) is 4.83 Å². The monoisotopic (exact) mass is 334 g/mol. The van der Waals surface area contributed by atoms with Gasteiger partial charge in [0.25, 0.3) is 10.0 Å². The number of rotatable bonds is 3. The Morgan fingerprint density at radius 1 is 1.17 bits per heavy atom. The summed E-state index contributed by atoms with van der Waals surface area (Å²) in [6.07, 6.45) is 0.396. The molecule has 0 amide bonds. The number of sulfonamides is 1. The van der Waals surface area contributed by atoms with Gasteiger partial charge in [-0.3, -0.25) is 0 Å². The first-order valence-electron chi connectivity index (χ1n) is 7.03. The van der Waals surface area contributed by atoms with Gasteiger partial charge in [0, 0.05) is 12.0 Å². The maximum Gasteiger partial charge on any atom is 0.276 e. The van der Waals surface area contributed by atoms with Crippen molar-refractivity contribution >= 4 is 15.7 Å². The predicted molar refractivity (Wildman–Crippen MR) is 84.5 cm³/mol. The summed E-state index contributed by atoms with van der Waals surface area (Å²) < 4.78 is 43.3. The van der Waals surface area contributed by atoms with Crippen LogP contribution in [0.4, 0.5) is 4.39 Å². The van der Waals surface area contributed by atoms with Crippen LogP contribution in [0.3, 0.4) is 0 Å². The van der Waals surface area contributed by atoms with E-state index < -0.39 is 15.8 Å². The van der Waals surface area contributed by atoms with Gasteiger partial charge in [-0.1, -0.05) is 17.7 Å². The van der Waals surface area contributed by atoms with E-state index in [2.05, 4.69) is 9.93 Å². The number of hydrogen-bond acceptors (Lipinski definition) is 4. The first kappa shape index (κ1) is 15.5. The van der Waals surface area contributed by atoms with Crippen molar-refractivity contribution in [3.05, 3.63) is 59.4 Å². The zero-order valence-corrected chi connectivity index (χ0v) is 13.2. The topological polar surface area (TPSA) is 67.8 Å². The number of nitrogens with one attached hydrogen (secondary N) is 1. The Kier molecular flexibility index (Phi) is 4.04. The maximum atomic E-state index is 13.4. The quantitative estimate of drug-likeness (QED) is 0.877. The molecule has 0 unspecified atom stereocenters. The molecule has 0 atom stereocenters. The number of benzene rings is 2.